The summed E-state index contributed by atoms with van der Waals surface area (Å²) < 4.78 is 10.8. The first-order chi connectivity index (χ1) is 2.81. The molecule has 0 amide bonds. The number of ketones is 1. The Labute approximate surface area is 34.2 Å². The first-order valence-corrected chi connectivity index (χ1v) is 1.30. The number of alkyl halides is 1. The van der Waals surface area contributed by atoms with Crippen LogP contribution in [-0.4, -0.2) is 12.5 Å². The monoisotopic (exact) mass is 87.0 g/mol. The maximum atomic E-state index is 10.8. The molecule has 0 bridgehead atoms. The largest absolute Gasteiger partial charge is 0.280 e. The van der Waals surface area contributed by atoms with E-state index in [-0.39, 0.29) is 0 Å². The Hall–Kier alpha value is -0.910. The smallest absolute Gasteiger partial charge is 0.262 e. The lowest BCUT2D eigenvalue weighted by molar-refractivity contribution is -0.114. The van der Waals surface area contributed by atoms with E-state index >= 15 is 0 Å². The first kappa shape index (κ1) is 5.09. The zero-order chi connectivity index (χ0) is 4.99. The number of Topliss-reactive ketones (excluding diaryl/α,β-unsaturated/α-hetero) is 1. The van der Waals surface area contributed by atoms with Crippen molar-refractivity contribution in [1.82, 2.24) is 0 Å². The number of nitrogens with zero attached hydrogens (tertiary/aromatic N) is 1. The quantitative estimate of drug-likeness (QED) is 0.424. The first-order valence-electron chi connectivity index (χ1n) is 1.30. The van der Waals surface area contributed by atoms with Crippen LogP contribution in [0.1, 0.15) is 0 Å². The molecule has 32 valence electrons. The van der Waals surface area contributed by atoms with E-state index in [1.165, 1.54) is 0 Å². The fraction of sp³-hybridized carbons (Fsp3) is 0.333. The number of carbonyl (C=O) groups excluding carboxylic acids is 1. The molecule has 0 radical (unpaired) electrons. The van der Waals surface area contributed by atoms with Gasteiger partial charge < -0.3 is 0 Å². The Kier molecular flexibility index (Phi) is 1.98. The van der Waals surface area contributed by atoms with Crippen LogP contribution >= 0.6 is 0 Å². The van der Waals surface area contributed by atoms with E-state index in [1.54, 1.807) is 0 Å². The normalized spacial score (nSPS) is 6.67. The fourth-order valence-corrected chi connectivity index (χ4v) is 0.0299. The number of hydrogen-bond donors (Lipinski definition) is 0. The molecular formula is C3H2FNO. The van der Waals surface area contributed by atoms with E-state index in [2.05, 4.69) is 0 Å². The van der Waals surface area contributed by atoms with Crippen LogP contribution in [0, 0.1) is 11.3 Å². The van der Waals surface area contributed by atoms with Gasteiger partial charge in [-0.15, -0.1) is 0 Å². The summed E-state index contributed by atoms with van der Waals surface area (Å²) in [6, 6.07) is 1.10. The second-order valence-corrected chi connectivity index (χ2v) is 0.669. The molecule has 0 saturated heterocycles. The minimum absolute atomic E-state index is 1.02. The maximum absolute atomic E-state index is 10.8. The molecule has 6 heavy (non-hydrogen) atoms. The van der Waals surface area contributed by atoms with Gasteiger partial charge in [0, 0.05) is 0 Å². The molecule has 0 atom stereocenters. The molecule has 0 fully saturated rings. The molecule has 0 N–H and O–H groups in total. The predicted octanol–water partition coefficient (Wildman–Crippen LogP) is 0.0486. The minimum atomic E-state index is -1.17. The molecule has 0 aromatic rings. The predicted molar refractivity (Wildman–Crippen MR) is 16.6 cm³/mol. The number of halogens is 1. The van der Waals surface area contributed by atoms with Crippen LogP contribution in [0.15, 0.2) is 0 Å². The summed E-state index contributed by atoms with van der Waals surface area (Å²) in [5, 5.41) is 7.50. The average Bonchev–Trinajstić information content (AvgIpc) is 1.65. The Balaban J connectivity index is 3.33. The summed E-state index contributed by atoms with van der Waals surface area (Å²) in [5.41, 5.74) is 0. The molecule has 3 heteroatoms. The molecule has 0 rings (SSSR count). The lowest BCUT2D eigenvalue weighted by Gasteiger charge is -1.65. The van der Waals surface area contributed by atoms with Crippen molar-refractivity contribution >= 4 is 5.78 Å². The molecule has 0 aliphatic heterocycles. The van der Waals surface area contributed by atoms with Crippen LogP contribution in [0.5, 0.6) is 0 Å². The van der Waals surface area contributed by atoms with E-state index < -0.39 is 12.5 Å². The highest BCUT2D eigenvalue weighted by molar-refractivity contribution is 5.94. The van der Waals surface area contributed by atoms with Crippen molar-refractivity contribution in [2.24, 2.45) is 0 Å². The Morgan fingerprint density at radius 1 is 2.00 bits per heavy atom. The highest BCUT2D eigenvalue weighted by Gasteiger charge is 1.90. The van der Waals surface area contributed by atoms with Gasteiger partial charge in [-0.25, -0.2) is 4.39 Å². The van der Waals surface area contributed by atoms with Crippen LogP contribution in [0.2, 0.25) is 0 Å². The summed E-state index contributed by atoms with van der Waals surface area (Å²) >= 11 is 0. The van der Waals surface area contributed by atoms with Crippen molar-refractivity contribution in [2.75, 3.05) is 6.67 Å². The molecule has 0 aromatic carbocycles. The summed E-state index contributed by atoms with van der Waals surface area (Å²) in [5.74, 6) is -1.02. The number of hydrogen-bond acceptors (Lipinski definition) is 2. The Bertz CT molecular complexity index is 93.5. The number of rotatable bonds is 1. The molecular weight excluding hydrogens is 85.0 g/mol. The third kappa shape index (κ3) is 1.41. The van der Waals surface area contributed by atoms with E-state index in [0.717, 1.165) is 6.07 Å². The van der Waals surface area contributed by atoms with Gasteiger partial charge in [0.05, 0.1) is 0 Å². The van der Waals surface area contributed by atoms with Gasteiger partial charge in [-0.05, 0) is 0 Å². The van der Waals surface area contributed by atoms with E-state index in [4.69, 9.17) is 5.26 Å². The summed E-state index contributed by atoms with van der Waals surface area (Å²) in [4.78, 5) is 9.44. The molecule has 0 aromatic heterocycles. The van der Waals surface area contributed by atoms with Crippen molar-refractivity contribution in [2.45, 2.75) is 0 Å². The van der Waals surface area contributed by atoms with Crippen LogP contribution in [-0.2, 0) is 4.79 Å². The van der Waals surface area contributed by atoms with Crippen molar-refractivity contribution in [3.63, 3.8) is 0 Å². The fourth-order valence-electron chi connectivity index (χ4n) is 0.0299. The molecule has 0 saturated carbocycles. The molecule has 0 heterocycles. The third-order valence-electron chi connectivity index (χ3n) is 0.246. The average molecular weight is 87.1 g/mol. The van der Waals surface area contributed by atoms with Crippen LogP contribution in [0.25, 0.3) is 0 Å². The van der Waals surface area contributed by atoms with Gasteiger partial charge in [0.15, 0.2) is 6.67 Å². The maximum Gasteiger partial charge on any atom is 0.262 e. The number of nitriles is 1. The van der Waals surface area contributed by atoms with E-state index in [1.807, 2.05) is 0 Å². The van der Waals surface area contributed by atoms with Gasteiger partial charge >= 0.3 is 0 Å². The molecule has 0 aliphatic carbocycles. The van der Waals surface area contributed by atoms with Crippen molar-refractivity contribution in [1.29, 1.82) is 5.26 Å². The molecule has 0 aliphatic rings. The van der Waals surface area contributed by atoms with Crippen molar-refractivity contribution in [3.05, 3.63) is 0 Å². The summed E-state index contributed by atoms with van der Waals surface area (Å²) in [6.07, 6.45) is 0. The van der Waals surface area contributed by atoms with Crippen molar-refractivity contribution < 1.29 is 9.18 Å². The van der Waals surface area contributed by atoms with Gasteiger partial charge in [-0.1, -0.05) is 0 Å². The molecule has 2 nitrogen and oxygen atoms in total. The highest BCUT2D eigenvalue weighted by atomic mass is 19.1. The SMILES string of the molecule is N#CC(=O)CF. The molecule has 0 spiro atoms. The van der Waals surface area contributed by atoms with Gasteiger partial charge in [0.1, 0.15) is 6.07 Å². The van der Waals surface area contributed by atoms with E-state index in [9.17, 15) is 9.18 Å². The lowest BCUT2D eigenvalue weighted by Crippen LogP contribution is -1.91. The zero-order valence-electron chi connectivity index (χ0n) is 2.94. The second kappa shape index (κ2) is 2.33. The summed E-state index contributed by atoms with van der Waals surface area (Å²) in [6.45, 7) is -1.17. The van der Waals surface area contributed by atoms with Gasteiger partial charge in [-0.2, -0.15) is 5.26 Å². The van der Waals surface area contributed by atoms with Gasteiger partial charge in [0.25, 0.3) is 5.78 Å². The van der Waals surface area contributed by atoms with Crippen LogP contribution in [0.4, 0.5) is 4.39 Å². The topological polar surface area (TPSA) is 40.9 Å². The standard InChI is InChI=1S/C3H2FNO/c4-1-3(6)2-5/h1H2. The van der Waals surface area contributed by atoms with Crippen molar-refractivity contribution in [3.8, 4) is 6.07 Å². The highest BCUT2D eigenvalue weighted by Crippen LogP contribution is 1.65. The molecule has 0 unspecified atom stereocenters. The van der Waals surface area contributed by atoms with Crippen LogP contribution < -0.4 is 0 Å². The lowest BCUT2D eigenvalue weighted by atomic mass is 10.5. The summed E-state index contributed by atoms with van der Waals surface area (Å²) in [7, 11) is 0. The van der Waals surface area contributed by atoms with E-state index in [0.29, 0.717) is 0 Å². The Morgan fingerprint density at radius 2 is 2.50 bits per heavy atom. The number of carbonyl (C=O) groups is 1. The van der Waals surface area contributed by atoms with Gasteiger partial charge in [0.2, 0.25) is 0 Å². The Morgan fingerprint density at radius 3 is 2.50 bits per heavy atom. The van der Waals surface area contributed by atoms with Crippen LogP contribution in [0.3, 0.4) is 0 Å². The third-order valence-corrected chi connectivity index (χ3v) is 0.246. The second-order valence-electron chi connectivity index (χ2n) is 0.669. The zero-order valence-corrected chi connectivity index (χ0v) is 2.94. The van der Waals surface area contributed by atoms with Gasteiger partial charge in [-0.3, -0.25) is 4.79 Å². The minimum Gasteiger partial charge on any atom is -0.280 e.